The number of aromatic nitrogens is 2. The Morgan fingerprint density at radius 3 is 2.41 bits per heavy atom. The summed E-state index contributed by atoms with van der Waals surface area (Å²) in [5, 5.41) is 4.14. The van der Waals surface area contributed by atoms with Gasteiger partial charge in [-0.3, -0.25) is 0 Å². The minimum absolute atomic E-state index is 0.170. The van der Waals surface area contributed by atoms with Crippen LogP contribution in [0.3, 0.4) is 0 Å². The Morgan fingerprint density at radius 1 is 1.18 bits per heavy atom. The van der Waals surface area contributed by atoms with E-state index in [4.69, 9.17) is 0 Å². The molecule has 0 aliphatic heterocycles. The molecule has 0 aliphatic rings. The first-order valence-corrected chi connectivity index (χ1v) is 5.31. The highest BCUT2D eigenvalue weighted by Gasteiger charge is 2.12. The average Bonchev–Trinajstić information content (AvgIpc) is 2.74. The van der Waals surface area contributed by atoms with E-state index in [1.807, 2.05) is 6.92 Å². The van der Waals surface area contributed by atoms with Crippen LogP contribution in [0.15, 0.2) is 24.4 Å². The standard InChI is InChI=1S/C12H11F3N2/c1-2-3-8-4-5-17(16-8)9-6-10(13)12(15)11(14)7-9/h4-7H,2-3H2,1H3. The van der Waals surface area contributed by atoms with Gasteiger partial charge in [0, 0.05) is 18.3 Å². The zero-order valence-corrected chi connectivity index (χ0v) is 9.25. The maximum atomic E-state index is 13.0. The van der Waals surface area contributed by atoms with Crippen LogP contribution in [-0.2, 0) is 6.42 Å². The van der Waals surface area contributed by atoms with Crippen LogP contribution in [0.4, 0.5) is 13.2 Å². The molecule has 0 atom stereocenters. The van der Waals surface area contributed by atoms with E-state index >= 15 is 0 Å². The van der Waals surface area contributed by atoms with E-state index in [0.717, 1.165) is 30.7 Å². The van der Waals surface area contributed by atoms with E-state index in [1.165, 1.54) is 4.68 Å². The molecule has 1 aromatic carbocycles. The van der Waals surface area contributed by atoms with Gasteiger partial charge in [-0.15, -0.1) is 0 Å². The summed E-state index contributed by atoms with van der Waals surface area (Å²) < 4.78 is 40.2. The highest BCUT2D eigenvalue weighted by Crippen LogP contribution is 2.16. The van der Waals surface area contributed by atoms with Crippen molar-refractivity contribution in [3.8, 4) is 5.69 Å². The van der Waals surface area contributed by atoms with E-state index in [-0.39, 0.29) is 5.69 Å². The van der Waals surface area contributed by atoms with Gasteiger partial charge in [0.1, 0.15) is 0 Å². The van der Waals surface area contributed by atoms with Crippen molar-refractivity contribution in [3.63, 3.8) is 0 Å². The molecule has 0 fully saturated rings. The molecule has 2 nitrogen and oxygen atoms in total. The van der Waals surface area contributed by atoms with Gasteiger partial charge < -0.3 is 0 Å². The predicted molar refractivity (Wildman–Crippen MR) is 57.4 cm³/mol. The third-order valence-electron chi connectivity index (χ3n) is 2.38. The molecule has 0 saturated carbocycles. The van der Waals surface area contributed by atoms with Crippen LogP contribution in [0, 0.1) is 17.5 Å². The second kappa shape index (κ2) is 4.61. The minimum Gasteiger partial charge on any atom is -0.241 e. The molecule has 17 heavy (non-hydrogen) atoms. The van der Waals surface area contributed by atoms with Gasteiger partial charge in [0.25, 0.3) is 0 Å². The fourth-order valence-electron chi connectivity index (χ4n) is 1.57. The second-order valence-electron chi connectivity index (χ2n) is 3.73. The molecule has 0 aliphatic carbocycles. The third-order valence-corrected chi connectivity index (χ3v) is 2.38. The lowest BCUT2D eigenvalue weighted by molar-refractivity contribution is 0.446. The summed E-state index contributed by atoms with van der Waals surface area (Å²) >= 11 is 0. The smallest absolute Gasteiger partial charge is 0.194 e. The number of benzene rings is 1. The summed E-state index contributed by atoms with van der Waals surface area (Å²) in [7, 11) is 0. The van der Waals surface area contributed by atoms with Gasteiger partial charge in [-0.25, -0.2) is 17.9 Å². The molecule has 0 saturated heterocycles. The van der Waals surface area contributed by atoms with Crippen molar-refractivity contribution in [2.45, 2.75) is 19.8 Å². The quantitative estimate of drug-likeness (QED) is 0.753. The van der Waals surface area contributed by atoms with E-state index in [9.17, 15) is 13.2 Å². The number of hydrogen-bond donors (Lipinski definition) is 0. The SMILES string of the molecule is CCCc1ccn(-c2cc(F)c(F)c(F)c2)n1. The molecule has 2 aromatic rings. The Kier molecular flexibility index (Phi) is 3.17. The van der Waals surface area contributed by atoms with Crippen LogP contribution in [0.2, 0.25) is 0 Å². The first-order chi connectivity index (χ1) is 8.11. The Bertz CT molecular complexity index is 511. The van der Waals surface area contributed by atoms with Gasteiger partial charge in [-0.2, -0.15) is 5.10 Å². The van der Waals surface area contributed by atoms with E-state index < -0.39 is 17.5 Å². The Balaban J connectivity index is 2.39. The fourth-order valence-corrected chi connectivity index (χ4v) is 1.57. The molecule has 0 unspecified atom stereocenters. The first kappa shape index (κ1) is 11.7. The Morgan fingerprint density at radius 2 is 1.82 bits per heavy atom. The lowest BCUT2D eigenvalue weighted by Crippen LogP contribution is -2.00. The van der Waals surface area contributed by atoms with Crippen LogP contribution in [-0.4, -0.2) is 9.78 Å². The largest absolute Gasteiger partial charge is 0.241 e. The van der Waals surface area contributed by atoms with Gasteiger partial charge in [0.15, 0.2) is 17.5 Å². The molecule has 90 valence electrons. The van der Waals surface area contributed by atoms with Crippen LogP contribution >= 0.6 is 0 Å². The Hall–Kier alpha value is -1.78. The Labute approximate surface area is 96.7 Å². The molecule has 1 heterocycles. The van der Waals surface area contributed by atoms with Crippen molar-refractivity contribution in [2.24, 2.45) is 0 Å². The zero-order chi connectivity index (χ0) is 12.4. The summed E-state index contributed by atoms with van der Waals surface area (Å²) in [6, 6.07) is 3.60. The van der Waals surface area contributed by atoms with Crippen molar-refractivity contribution in [2.75, 3.05) is 0 Å². The van der Waals surface area contributed by atoms with Crippen LogP contribution in [0.25, 0.3) is 5.69 Å². The summed E-state index contributed by atoms with van der Waals surface area (Å²) in [6.07, 6.45) is 3.32. The van der Waals surface area contributed by atoms with Crippen molar-refractivity contribution in [1.82, 2.24) is 9.78 Å². The minimum atomic E-state index is -1.46. The molecule has 0 spiro atoms. The van der Waals surface area contributed by atoms with Gasteiger partial charge >= 0.3 is 0 Å². The molecular weight excluding hydrogens is 229 g/mol. The third kappa shape index (κ3) is 2.33. The molecule has 0 bridgehead atoms. The molecule has 0 radical (unpaired) electrons. The number of hydrogen-bond acceptors (Lipinski definition) is 1. The first-order valence-electron chi connectivity index (χ1n) is 5.31. The summed E-state index contributed by atoms with van der Waals surface area (Å²) in [4.78, 5) is 0. The van der Waals surface area contributed by atoms with E-state index in [2.05, 4.69) is 5.10 Å². The zero-order valence-electron chi connectivity index (χ0n) is 9.25. The fraction of sp³-hybridized carbons (Fsp3) is 0.250. The normalized spacial score (nSPS) is 10.8. The molecule has 0 N–H and O–H groups in total. The van der Waals surface area contributed by atoms with Crippen molar-refractivity contribution < 1.29 is 13.2 Å². The van der Waals surface area contributed by atoms with Gasteiger partial charge in [-0.1, -0.05) is 13.3 Å². The summed E-state index contributed by atoms with van der Waals surface area (Å²) in [6.45, 7) is 2.01. The van der Waals surface area contributed by atoms with Gasteiger partial charge in [-0.05, 0) is 12.5 Å². The lowest BCUT2D eigenvalue weighted by atomic mass is 10.3. The molecule has 1 aromatic heterocycles. The predicted octanol–water partition coefficient (Wildman–Crippen LogP) is 3.24. The van der Waals surface area contributed by atoms with Crippen LogP contribution in [0.1, 0.15) is 19.0 Å². The highest BCUT2D eigenvalue weighted by atomic mass is 19.2. The van der Waals surface area contributed by atoms with Crippen LogP contribution in [0.5, 0.6) is 0 Å². The van der Waals surface area contributed by atoms with Gasteiger partial charge in [0.2, 0.25) is 0 Å². The van der Waals surface area contributed by atoms with Crippen molar-refractivity contribution >= 4 is 0 Å². The van der Waals surface area contributed by atoms with Crippen LogP contribution < -0.4 is 0 Å². The molecular formula is C12H11F3N2. The summed E-state index contributed by atoms with van der Waals surface area (Å²) in [5.41, 5.74) is 1.00. The van der Waals surface area contributed by atoms with E-state index in [0.29, 0.717) is 0 Å². The molecule has 0 amide bonds. The number of halogens is 3. The monoisotopic (exact) mass is 240 g/mol. The highest BCUT2D eigenvalue weighted by molar-refractivity contribution is 5.33. The average molecular weight is 240 g/mol. The van der Waals surface area contributed by atoms with Gasteiger partial charge in [0.05, 0.1) is 11.4 Å². The van der Waals surface area contributed by atoms with E-state index in [1.54, 1.807) is 12.3 Å². The molecule has 2 rings (SSSR count). The lowest BCUT2D eigenvalue weighted by Gasteiger charge is -2.03. The summed E-state index contributed by atoms with van der Waals surface area (Å²) in [5.74, 6) is -3.89. The second-order valence-corrected chi connectivity index (χ2v) is 3.73. The van der Waals surface area contributed by atoms with Crippen molar-refractivity contribution in [1.29, 1.82) is 0 Å². The number of aryl methyl sites for hydroxylation is 1. The number of rotatable bonds is 3. The molecule has 5 heteroatoms. The maximum absolute atomic E-state index is 13.0. The van der Waals surface area contributed by atoms with Crippen molar-refractivity contribution in [3.05, 3.63) is 47.5 Å². The topological polar surface area (TPSA) is 17.8 Å². The maximum Gasteiger partial charge on any atom is 0.194 e. The number of nitrogens with zero attached hydrogens (tertiary/aromatic N) is 2.